The highest BCUT2D eigenvalue weighted by Crippen LogP contribution is 2.22. The van der Waals surface area contributed by atoms with Gasteiger partial charge in [0.1, 0.15) is 11.6 Å². The van der Waals surface area contributed by atoms with Gasteiger partial charge in [-0.05, 0) is 36.8 Å². The monoisotopic (exact) mass is 361 g/mol. The molecule has 0 atom stereocenters. The minimum Gasteiger partial charge on any atom is -0.362 e. The SMILES string of the molecule is Fc1cccc(F)c1CCNC(=S)Nc1ncc(Cl)cc1Cl. The Morgan fingerprint density at radius 1 is 1.23 bits per heavy atom. The summed E-state index contributed by atoms with van der Waals surface area (Å²) in [6.45, 7) is 0.259. The van der Waals surface area contributed by atoms with Crippen molar-refractivity contribution in [2.45, 2.75) is 6.42 Å². The number of hydrogen-bond acceptors (Lipinski definition) is 2. The topological polar surface area (TPSA) is 37.0 Å². The summed E-state index contributed by atoms with van der Waals surface area (Å²) in [6.07, 6.45) is 1.58. The molecular formula is C14H11Cl2F2N3S. The summed E-state index contributed by atoms with van der Waals surface area (Å²) in [5.41, 5.74) is 0.0143. The lowest BCUT2D eigenvalue weighted by atomic mass is 10.1. The summed E-state index contributed by atoms with van der Waals surface area (Å²) in [5.74, 6) is -0.813. The lowest BCUT2D eigenvalue weighted by Gasteiger charge is -2.11. The first-order valence-corrected chi connectivity index (χ1v) is 7.42. The highest BCUT2D eigenvalue weighted by atomic mass is 35.5. The number of hydrogen-bond donors (Lipinski definition) is 2. The van der Waals surface area contributed by atoms with Gasteiger partial charge in [0.05, 0.1) is 10.0 Å². The van der Waals surface area contributed by atoms with Crippen LogP contribution in [-0.2, 0) is 6.42 Å². The van der Waals surface area contributed by atoms with Crippen LogP contribution in [0.3, 0.4) is 0 Å². The standard InChI is InChI=1S/C14H11Cl2F2N3S/c15-8-6-10(16)13(20-7-8)21-14(22)19-5-4-9-11(17)2-1-3-12(9)18/h1-3,6-7H,4-5H2,(H2,19,20,21,22). The minimum absolute atomic E-state index is 0.0143. The summed E-state index contributed by atoms with van der Waals surface area (Å²) in [6, 6.07) is 5.27. The van der Waals surface area contributed by atoms with Crippen molar-refractivity contribution in [1.82, 2.24) is 10.3 Å². The van der Waals surface area contributed by atoms with Crippen molar-refractivity contribution in [3.05, 3.63) is 57.7 Å². The molecule has 1 heterocycles. The molecule has 0 saturated carbocycles. The van der Waals surface area contributed by atoms with Gasteiger partial charge in [0.2, 0.25) is 0 Å². The van der Waals surface area contributed by atoms with Gasteiger partial charge in [-0.25, -0.2) is 13.8 Å². The van der Waals surface area contributed by atoms with E-state index < -0.39 is 11.6 Å². The van der Waals surface area contributed by atoms with Crippen LogP contribution >= 0.6 is 35.4 Å². The molecule has 2 N–H and O–H groups in total. The Balaban J connectivity index is 1.88. The number of anilines is 1. The van der Waals surface area contributed by atoms with E-state index in [2.05, 4.69) is 15.6 Å². The molecule has 0 fully saturated rings. The third kappa shape index (κ3) is 4.50. The van der Waals surface area contributed by atoms with Gasteiger partial charge >= 0.3 is 0 Å². The van der Waals surface area contributed by atoms with E-state index in [4.69, 9.17) is 35.4 Å². The smallest absolute Gasteiger partial charge is 0.171 e. The molecule has 0 unspecified atom stereocenters. The van der Waals surface area contributed by atoms with Gasteiger partial charge in [0.15, 0.2) is 10.9 Å². The molecule has 116 valence electrons. The summed E-state index contributed by atoms with van der Waals surface area (Å²) in [5, 5.41) is 6.58. The predicted octanol–water partition coefficient (Wildman–Crippen LogP) is 4.20. The fourth-order valence-corrected chi connectivity index (χ4v) is 2.36. The lowest BCUT2D eigenvalue weighted by molar-refractivity contribution is 0.553. The maximum absolute atomic E-state index is 13.5. The summed E-state index contributed by atoms with van der Waals surface area (Å²) < 4.78 is 26.9. The molecule has 0 saturated heterocycles. The minimum atomic E-state index is -0.580. The summed E-state index contributed by atoms with van der Waals surface area (Å²) >= 11 is 16.8. The Morgan fingerprint density at radius 2 is 1.91 bits per heavy atom. The van der Waals surface area contributed by atoms with Crippen molar-refractivity contribution in [1.29, 1.82) is 0 Å². The number of pyridine rings is 1. The second kappa shape index (κ2) is 7.67. The third-order valence-electron chi connectivity index (χ3n) is 2.76. The van der Waals surface area contributed by atoms with Crippen LogP contribution in [0.15, 0.2) is 30.5 Å². The number of aromatic nitrogens is 1. The zero-order valence-electron chi connectivity index (χ0n) is 11.2. The van der Waals surface area contributed by atoms with Crippen molar-refractivity contribution in [2.24, 2.45) is 0 Å². The molecular weight excluding hydrogens is 351 g/mol. The first-order chi connectivity index (χ1) is 10.5. The Hall–Kier alpha value is -1.50. The van der Waals surface area contributed by atoms with E-state index in [-0.39, 0.29) is 23.6 Å². The van der Waals surface area contributed by atoms with E-state index >= 15 is 0 Å². The maximum atomic E-state index is 13.5. The van der Waals surface area contributed by atoms with E-state index in [0.717, 1.165) is 0 Å². The number of thiocarbonyl (C=S) groups is 1. The maximum Gasteiger partial charge on any atom is 0.171 e. The second-order valence-electron chi connectivity index (χ2n) is 4.32. The zero-order valence-corrected chi connectivity index (χ0v) is 13.5. The van der Waals surface area contributed by atoms with Crippen LogP contribution in [0.5, 0.6) is 0 Å². The molecule has 3 nitrogen and oxygen atoms in total. The van der Waals surface area contributed by atoms with Crippen LogP contribution < -0.4 is 10.6 Å². The predicted molar refractivity (Wildman–Crippen MR) is 88.5 cm³/mol. The van der Waals surface area contributed by atoms with E-state index in [1.54, 1.807) is 0 Å². The van der Waals surface area contributed by atoms with E-state index in [1.807, 2.05) is 0 Å². The molecule has 2 aromatic rings. The highest BCUT2D eigenvalue weighted by Gasteiger charge is 2.09. The molecule has 0 spiro atoms. The normalized spacial score (nSPS) is 10.4. The molecule has 8 heteroatoms. The molecule has 0 bridgehead atoms. The van der Waals surface area contributed by atoms with Crippen molar-refractivity contribution in [3.63, 3.8) is 0 Å². The van der Waals surface area contributed by atoms with Crippen LogP contribution in [0, 0.1) is 11.6 Å². The number of halogens is 4. The van der Waals surface area contributed by atoms with E-state index in [1.165, 1.54) is 30.5 Å². The number of nitrogens with zero attached hydrogens (tertiary/aromatic N) is 1. The summed E-state index contributed by atoms with van der Waals surface area (Å²) in [7, 11) is 0. The highest BCUT2D eigenvalue weighted by molar-refractivity contribution is 7.80. The number of nitrogens with one attached hydrogen (secondary N) is 2. The van der Waals surface area contributed by atoms with Crippen LogP contribution in [0.4, 0.5) is 14.6 Å². The molecule has 22 heavy (non-hydrogen) atoms. The van der Waals surface area contributed by atoms with Gasteiger partial charge in [0.25, 0.3) is 0 Å². The molecule has 0 aliphatic carbocycles. The fraction of sp³-hybridized carbons (Fsp3) is 0.143. The Kier molecular flexibility index (Phi) is 5.88. The van der Waals surface area contributed by atoms with Crippen LogP contribution in [0.1, 0.15) is 5.56 Å². The first-order valence-electron chi connectivity index (χ1n) is 6.26. The molecule has 1 aromatic carbocycles. The molecule has 0 aliphatic rings. The third-order valence-corrected chi connectivity index (χ3v) is 3.50. The lowest BCUT2D eigenvalue weighted by Crippen LogP contribution is -2.30. The Labute approximate surface area is 141 Å². The number of benzene rings is 1. The molecule has 0 radical (unpaired) electrons. The van der Waals surface area contributed by atoms with Gasteiger partial charge < -0.3 is 10.6 Å². The average molecular weight is 362 g/mol. The zero-order chi connectivity index (χ0) is 16.1. The quantitative estimate of drug-likeness (QED) is 0.800. The van der Waals surface area contributed by atoms with Crippen molar-refractivity contribution in [2.75, 3.05) is 11.9 Å². The van der Waals surface area contributed by atoms with E-state index in [0.29, 0.717) is 15.9 Å². The van der Waals surface area contributed by atoms with Crippen molar-refractivity contribution >= 4 is 46.4 Å². The average Bonchev–Trinajstić information content (AvgIpc) is 2.45. The summed E-state index contributed by atoms with van der Waals surface area (Å²) in [4.78, 5) is 3.99. The van der Waals surface area contributed by atoms with Crippen LogP contribution in [-0.4, -0.2) is 16.6 Å². The van der Waals surface area contributed by atoms with Crippen molar-refractivity contribution < 1.29 is 8.78 Å². The van der Waals surface area contributed by atoms with Gasteiger partial charge in [-0.15, -0.1) is 0 Å². The second-order valence-corrected chi connectivity index (χ2v) is 5.57. The van der Waals surface area contributed by atoms with Gasteiger partial charge in [0, 0.05) is 18.3 Å². The number of rotatable bonds is 4. The van der Waals surface area contributed by atoms with E-state index in [9.17, 15) is 8.78 Å². The molecule has 2 rings (SSSR count). The van der Waals surface area contributed by atoms with Crippen LogP contribution in [0.25, 0.3) is 0 Å². The molecule has 0 amide bonds. The van der Waals surface area contributed by atoms with Gasteiger partial charge in [-0.3, -0.25) is 0 Å². The first kappa shape index (κ1) is 16.9. The van der Waals surface area contributed by atoms with Crippen molar-refractivity contribution in [3.8, 4) is 0 Å². The van der Waals surface area contributed by atoms with Crippen LogP contribution in [0.2, 0.25) is 10.0 Å². The molecule has 1 aromatic heterocycles. The molecule has 0 aliphatic heterocycles. The fourth-order valence-electron chi connectivity index (χ4n) is 1.73. The largest absolute Gasteiger partial charge is 0.362 e. The Bertz CT molecular complexity index is 678. The Morgan fingerprint density at radius 3 is 2.55 bits per heavy atom. The van der Waals surface area contributed by atoms with Gasteiger partial charge in [-0.2, -0.15) is 0 Å². The van der Waals surface area contributed by atoms with Gasteiger partial charge in [-0.1, -0.05) is 29.3 Å².